The van der Waals surface area contributed by atoms with Crippen LogP contribution in [0, 0.1) is 0 Å². The summed E-state index contributed by atoms with van der Waals surface area (Å²) in [5.41, 5.74) is 4.78. The van der Waals surface area contributed by atoms with Gasteiger partial charge in [-0.05, 0) is 0 Å². The van der Waals surface area contributed by atoms with Crippen LogP contribution in [0.2, 0.25) is 0 Å². The molecule has 0 aliphatic carbocycles. The molecule has 22 heavy (non-hydrogen) atoms. The van der Waals surface area contributed by atoms with Crippen LogP contribution >= 0.6 is 0 Å². The molecule has 0 aromatic heterocycles. The van der Waals surface area contributed by atoms with E-state index in [9.17, 15) is 21.4 Å². The lowest BCUT2D eigenvalue weighted by Crippen LogP contribution is -3.15. The van der Waals surface area contributed by atoms with E-state index in [1.165, 1.54) is 4.90 Å². The van der Waals surface area contributed by atoms with Crippen molar-refractivity contribution in [3.63, 3.8) is 0 Å². The van der Waals surface area contributed by atoms with Gasteiger partial charge in [-0.15, -0.1) is 0 Å². The summed E-state index contributed by atoms with van der Waals surface area (Å²) in [5.74, 6) is -0.657. The zero-order valence-electron chi connectivity index (χ0n) is 12.3. The fourth-order valence-electron chi connectivity index (χ4n) is 1.89. The van der Waals surface area contributed by atoms with Crippen molar-refractivity contribution in [2.24, 2.45) is 5.73 Å². The molecule has 5 N–H and O–H groups in total. The van der Waals surface area contributed by atoms with Crippen LogP contribution in [0.3, 0.4) is 0 Å². The monoisotopic (exact) mass is 363 g/mol. The summed E-state index contributed by atoms with van der Waals surface area (Å²) >= 11 is 0. The predicted octanol–water partition coefficient (Wildman–Crippen LogP) is -4.44. The third-order valence-electron chi connectivity index (χ3n) is 3.06. The van der Waals surface area contributed by atoms with Crippen LogP contribution in [0.25, 0.3) is 0 Å². The zero-order valence-corrected chi connectivity index (χ0v) is 14.0. The SMILES string of the molecule is NCCS(=O)(=O)O.O=S(=O)([O-])CCN1CC[NH+](CCO)CC1. The Morgan fingerprint density at radius 2 is 1.68 bits per heavy atom. The second-order valence-electron chi connectivity index (χ2n) is 4.90. The van der Waals surface area contributed by atoms with E-state index in [1.54, 1.807) is 0 Å². The fourth-order valence-corrected chi connectivity index (χ4v) is 2.67. The van der Waals surface area contributed by atoms with Crippen molar-refractivity contribution in [1.29, 1.82) is 0 Å². The molecule has 1 aliphatic rings. The van der Waals surface area contributed by atoms with E-state index in [2.05, 4.69) is 0 Å². The molecule has 1 rings (SSSR count). The number of nitrogens with one attached hydrogen (secondary N) is 1. The molecule has 1 saturated heterocycles. The first-order valence-electron chi connectivity index (χ1n) is 6.83. The van der Waals surface area contributed by atoms with Gasteiger partial charge in [0.05, 0.1) is 41.3 Å². The Morgan fingerprint density at radius 1 is 1.14 bits per heavy atom. The van der Waals surface area contributed by atoms with Gasteiger partial charge >= 0.3 is 0 Å². The van der Waals surface area contributed by atoms with Crippen LogP contribution in [0.1, 0.15) is 0 Å². The summed E-state index contributed by atoms with van der Waals surface area (Å²) in [6, 6.07) is 0. The van der Waals surface area contributed by atoms with E-state index in [0.29, 0.717) is 6.54 Å². The lowest BCUT2D eigenvalue weighted by Gasteiger charge is -2.31. The molecule has 1 aliphatic heterocycles. The second-order valence-corrected chi connectivity index (χ2v) is 8.00. The number of quaternary nitrogens is 1. The van der Waals surface area contributed by atoms with E-state index in [4.69, 9.17) is 15.4 Å². The molecule has 0 radical (unpaired) electrons. The molecule has 0 amide bonds. The summed E-state index contributed by atoms with van der Waals surface area (Å²) < 4.78 is 58.6. The van der Waals surface area contributed by atoms with Gasteiger partial charge in [0.2, 0.25) is 0 Å². The number of hydrogen-bond donors (Lipinski definition) is 4. The van der Waals surface area contributed by atoms with Crippen LogP contribution in [0.5, 0.6) is 0 Å². The van der Waals surface area contributed by atoms with Gasteiger partial charge < -0.3 is 20.3 Å². The molecule has 12 heteroatoms. The highest BCUT2D eigenvalue weighted by Crippen LogP contribution is 1.91. The van der Waals surface area contributed by atoms with Gasteiger partial charge in [-0.25, -0.2) is 8.42 Å². The number of aliphatic hydroxyl groups excluding tert-OH is 1. The average Bonchev–Trinajstić information content (AvgIpc) is 2.37. The fraction of sp³-hybridized carbons (Fsp3) is 1.00. The first-order chi connectivity index (χ1) is 10.1. The number of rotatable bonds is 7. The Bertz CT molecular complexity index is 487. The largest absolute Gasteiger partial charge is 0.748 e. The Balaban J connectivity index is 0.000000534. The van der Waals surface area contributed by atoms with Crippen LogP contribution in [-0.2, 0) is 20.2 Å². The third-order valence-corrected chi connectivity index (χ3v) is 4.50. The van der Waals surface area contributed by atoms with E-state index < -0.39 is 20.2 Å². The van der Waals surface area contributed by atoms with Crippen LogP contribution in [0.15, 0.2) is 0 Å². The van der Waals surface area contributed by atoms with Gasteiger partial charge in [0.15, 0.2) is 0 Å². The molecule has 0 bridgehead atoms. The average molecular weight is 363 g/mol. The molecule has 0 aromatic rings. The zero-order chi connectivity index (χ0) is 17.2. The number of nitrogens with two attached hydrogens (primary N) is 1. The maximum atomic E-state index is 10.4. The quantitative estimate of drug-likeness (QED) is 0.326. The van der Waals surface area contributed by atoms with Crippen molar-refractivity contribution in [2.45, 2.75) is 0 Å². The highest BCUT2D eigenvalue weighted by atomic mass is 32.2. The van der Waals surface area contributed by atoms with Crippen LogP contribution in [0.4, 0.5) is 0 Å². The summed E-state index contributed by atoms with van der Waals surface area (Å²) in [6.07, 6.45) is 0. The van der Waals surface area contributed by atoms with Gasteiger partial charge in [-0.3, -0.25) is 9.45 Å². The first kappa shape index (κ1) is 21.7. The maximum absolute atomic E-state index is 10.4. The minimum Gasteiger partial charge on any atom is -0.748 e. The molecule has 10 nitrogen and oxygen atoms in total. The molecule has 0 spiro atoms. The molecule has 0 atom stereocenters. The Labute approximate surface area is 131 Å². The summed E-state index contributed by atoms with van der Waals surface area (Å²) in [5, 5.41) is 8.74. The Hall–Kier alpha value is -0.340. The van der Waals surface area contributed by atoms with Gasteiger partial charge in [-0.2, -0.15) is 8.42 Å². The van der Waals surface area contributed by atoms with E-state index in [-0.39, 0.29) is 24.7 Å². The second kappa shape index (κ2) is 10.4. The Kier molecular flexibility index (Phi) is 10.3. The highest BCUT2D eigenvalue weighted by molar-refractivity contribution is 7.86. The summed E-state index contributed by atoms with van der Waals surface area (Å²) in [7, 11) is -7.88. The molecule has 0 unspecified atom stereocenters. The van der Waals surface area contributed by atoms with Crippen molar-refractivity contribution < 1.29 is 35.9 Å². The molecule has 1 fully saturated rings. The van der Waals surface area contributed by atoms with Gasteiger partial charge in [0.1, 0.15) is 6.54 Å². The summed E-state index contributed by atoms with van der Waals surface area (Å²) in [4.78, 5) is 3.31. The predicted molar refractivity (Wildman–Crippen MR) is 79.1 cm³/mol. The van der Waals surface area contributed by atoms with Crippen molar-refractivity contribution in [3.05, 3.63) is 0 Å². The lowest BCUT2D eigenvalue weighted by molar-refractivity contribution is -0.904. The minimum absolute atomic E-state index is 0.0289. The van der Waals surface area contributed by atoms with E-state index >= 15 is 0 Å². The van der Waals surface area contributed by atoms with Gasteiger partial charge in [-0.1, -0.05) is 0 Å². The topological polar surface area (TPSA) is 166 Å². The lowest BCUT2D eigenvalue weighted by atomic mass is 10.3. The molecule has 134 valence electrons. The van der Waals surface area contributed by atoms with E-state index in [1.807, 2.05) is 4.90 Å². The third kappa shape index (κ3) is 13.3. The number of nitrogens with zero attached hydrogens (tertiary/aromatic N) is 1. The number of hydrogen-bond acceptors (Lipinski definition) is 8. The standard InChI is InChI=1S/C8H18N2O4S.C2H7NO3S/c11-7-5-9-1-3-10(4-2-9)6-8-15(12,13)14;3-1-2-7(4,5)6/h11H,1-8H2,(H,12,13,14);1-3H2,(H,4,5,6). The minimum atomic E-state index is -4.09. The molecule has 0 aromatic carbocycles. The van der Waals surface area contributed by atoms with Crippen LogP contribution < -0.4 is 10.6 Å². The van der Waals surface area contributed by atoms with E-state index in [0.717, 1.165) is 32.7 Å². The molecule has 0 saturated carbocycles. The molecular formula is C10H25N3O7S2. The first-order valence-corrected chi connectivity index (χ1v) is 10.0. The highest BCUT2D eigenvalue weighted by Gasteiger charge is 2.19. The smallest absolute Gasteiger partial charge is 0.266 e. The van der Waals surface area contributed by atoms with Gasteiger partial charge in [0, 0.05) is 26.2 Å². The van der Waals surface area contributed by atoms with Crippen molar-refractivity contribution in [2.75, 3.05) is 63.9 Å². The number of aliphatic hydroxyl groups is 1. The van der Waals surface area contributed by atoms with Gasteiger partial charge in [0.25, 0.3) is 10.1 Å². The Morgan fingerprint density at radius 3 is 2.00 bits per heavy atom. The molecular weight excluding hydrogens is 338 g/mol. The van der Waals surface area contributed by atoms with Crippen LogP contribution in [-0.4, -0.2) is 99.9 Å². The summed E-state index contributed by atoms with van der Waals surface area (Å²) in [6.45, 7) is 4.63. The van der Waals surface area contributed by atoms with Crippen molar-refractivity contribution >= 4 is 20.2 Å². The normalized spacial score (nSPS) is 17.8. The maximum Gasteiger partial charge on any atom is 0.266 e. The number of piperazine rings is 1. The van der Waals surface area contributed by atoms with Crippen molar-refractivity contribution in [1.82, 2.24) is 4.90 Å². The van der Waals surface area contributed by atoms with Crippen molar-refractivity contribution in [3.8, 4) is 0 Å². The molecule has 1 heterocycles.